The number of hydrogen-bond donors (Lipinski definition) is 2. The minimum Gasteiger partial charge on any atom is -0.481 e. The van der Waals surface area contributed by atoms with Crippen LogP contribution in [-0.2, 0) is 11.3 Å². The monoisotopic (exact) mass is 243 g/mol. The smallest absolute Gasteiger partial charge is 0.303 e. The van der Waals surface area contributed by atoms with Gasteiger partial charge in [0.1, 0.15) is 11.6 Å². The fourth-order valence-electron chi connectivity index (χ4n) is 1.41. The van der Waals surface area contributed by atoms with Crippen molar-refractivity contribution >= 4 is 5.97 Å². The van der Waals surface area contributed by atoms with Crippen LogP contribution >= 0.6 is 0 Å². The molecule has 0 aromatic heterocycles. The number of halogens is 2. The van der Waals surface area contributed by atoms with Gasteiger partial charge in [0.15, 0.2) is 0 Å². The molecule has 0 bridgehead atoms. The van der Waals surface area contributed by atoms with Gasteiger partial charge in [-0.25, -0.2) is 8.78 Å². The molecule has 0 saturated carbocycles. The molecular formula is C12H15F2NO2. The Morgan fingerprint density at radius 2 is 2.18 bits per heavy atom. The summed E-state index contributed by atoms with van der Waals surface area (Å²) in [5, 5.41) is 11.4. The van der Waals surface area contributed by atoms with Crippen LogP contribution in [0, 0.1) is 11.6 Å². The molecular weight excluding hydrogens is 228 g/mol. The van der Waals surface area contributed by atoms with E-state index in [2.05, 4.69) is 5.32 Å². The second-order valence-corrected chi connectivity index (χ2v) is 3.95. The van der Waals surface area contributed by atoms with Crippen LogP contribution in [0.2, 0.25) is 0 Å². The van der Waals surface area contributed by atoms with Gasteiger partial charge in [-0.1, -0.05) is 0 Å². The molecule has 0 radical (unpaired) electrons. The molecule has 3 nitrogen and oxygen atoms in total. The number of benzene rings is 1. The van der Waals surface area contributed by atoms with Gasteiger partial charge < -0.3 is 10.4 Å². The van der Waals surface area contributed by atoms with Crippen molar-refractivity contribution in [3.05, 3.63) is 35.4 Å². The molecule has 94 valence electrons. The Kier molecular flexibility index (Phi) is 5.03. The van der Waals surface area contributed by atoms with Crippen molar-refractivity contribution in [2.24, 2.45) is 0 Å². The maximum atomic E-state index is 13.2. The Morgan fingerprint density at radius 3 is 2.82 bits per heavy atom. The van der Waals surface area contributed by atoms with Gasteiger partial charge >= 0.3 is 5.97 Å². The molecule has 17 heavy (non-hydrogen) atoms. The number of hydrogen-bond acceptors (Lipinski definition) is 2. The minimum absolute atomic E-state index is 0.0554. The second kappa shape index (κ2) is 6.30. The van der Waals surface area contributed by atoms with Crippen LogP contribution in [-0.4, -0.2) is 17.1 Å². The van der Waals surface area contributed by atoms with Crippen LogP contribution in [0.3, 0.4) is 0 Å². The highest BCUT2D eigenvalue weighted by molar-refractivity contribution is 5.66. The van der Waals surface area contributed by atoms with Crippen molar-refractivity contribution in [1.82, 2.24) is 5.32 Å². The van der Waals surface area contributed by atoms with E-state index in [4.69, 9.17) is 5.11 Å². The van der Waals surface area contributed by atoms with E-state index >= 15 is 0 Å². The molecule has 0 spiro atoms. The summed E-state index contributed by atoms with van der Waals surface area (Å²) < 4.78 is 26.1. The van der Waals surface area contributed by atoms with E-state index in [1.165, 1.54) is 0 Å². The van der Waals surface area contributed by atoms with Crippen molar-refractivity contribution in [2.75, 3.05) is 0 Å². The predicted molar refractivity (Wildman–Crippen MR) is 59.5 cm³/mol. The molecule has 1 aromatic carbocycles. The number of aliphatic carboxylic acids is 1. The number of carboxylic acid groups (broad SMARTS) is 1. The molecule has 0 fully saturated rings. The second-order valence-electron chi connectivity index (χ2n) is 3.95. The summed E-state index contributed by atoms with van der Waals surface area (Å²) in [7, 11) is 0. The summed E-state index contributed by atoms with van der Waals surface area (Å²) in [4.78, 5) is 10.3. The van der Waals surface area contributed by atoms with E-state index in [9.17, 15) is 13.6 Å². The standard InChI is InChI=1S/C12H15F2NO2/c1-8(2-5-12(16)17)15-7-9-6-10(13)3-4-11(9)14/h3-4,6,8,15H,2,5,7H2,1H3,(H,16,17). The number of carbonyl (C=O) groups is 1. The molecule has 0 saturated heterocycles. The maximum Gasteiger partial charge on any atom is 0.303 e. The third-order valence-corrected chi connectivity index (χ3v) is 2.44. The summed E-state index contributed by atoms with van der Waals surface area (Å²) in [6, 6.07) is 3.21. The van der Waals surface area contributed by atoms with Gasteiger partial charge in [0.05, 0.1) is 0 Å². The van der Waals surface area contributed by atoms with Gasteiger partial charge in [0.2, 0.25) is 0 Å². The van der Waals surface area contributed by atoms with E-state index in [1.807, 2.05) is 0 Å². The first kappa shape index (κ1) is 13.6. The molecule has 0 amide bonds. The highest BCUT2D eigenvalue weighted by Gasteiger charge is 2.07. The van der Waals surface area contributed by atoms with E-state index < -0.39 is 17.6 Å². The first-order valence-electron chi connectivity index (χ1n) is 5.38. The molecule has 0 aliphatic rings. The van der Waals surface area contributed by atoms with Crippen LogP contribution in [0.1, 0.15) is 25.3 Å². The lowest BCUT2D eigenvalue weighted by Gasteiger charge is -2.13. The quantitative estimate of drug-likeness (QED) is 0.806. The maximum absolute atomic E-state index is 13.2. The molecule has 0 aliphatic heterocycles. The van der Waals surface area contributed by atoms with Gasteiger partial charge in [0.25, 0.3) is 0 Å². The van der Waals surface area contributed by atoms with Crippen LogP contribution in [0.5, 0.6) is 0 Å². The van der Waals surface area contributed by atoms with Crippen LogP contribution in [0.25, 0.3) is 0 Å². The van der Waals surface area contributed by atoms with E-state index in [1.54, 1.807) is 6.92 Å². The topological polar surface area (TPSA) is 49.3 Å². The third-order valence-electron chi connectivity index (χ3n) is 2.44. The zero-order valence-electron chi connectivity index (χ0n) is 9.54. The van der Waals surface area contributed by atoms with Crippen LogP contribution in [0.15, 0.2) is 18.2 Å². The summed E-state index contributed by atoms with van der Waals surface area (Å²) >= 11 is 0. The Morgan fingerprint density at radius 1 is 1.47 bits per heavy atom. The Balaban J connectivity index is 2.44. The lowest BCUT2D eigenvalue weighted by Crippen LogP contribution is -2.26. The fraction of sp³-hybridized carbons (Fsp3) is 0.417. The lowest BCUT2D eigenvalue weighted by atomic mass is 10.1. The van der Waals surface area contributed by atoms with Gasteiger partial charge in [-0.05, 0) is 31.5 Å². The van der Waals surface area contributed by atoms with Crippen LogP contribution in [0.4, 0.5) is 8.78 Å². The zero-order chi connectivity index (χ0) is 12.8. The Bertz CT molecular complexity index is 396. The van der Waals surface area contributed by atoms with Crippen molar-refractivity contribution in [3.8, 4) is 0 Å². The first-order chi connectivity index (χ1) is 7.99. The largest absolute Gasteiger partial charge is 0.481 e. The van der Waals surface area contributed by atoms with E-state index in [0.29, 0.717) is 6.42 Å². The highest BCUT2D eigenvalue weighted by atomic mass is 19.1. The fourth-order valence-corrected chi connectivity index (χ4v) is 1.41. The molecule has 0 aliphatic carbocycles. The van der Waals surface area contributed by atoms with Gasteiger partial charge in [-0.2, -0.15) is 0 Å². The number of nitrogens with one attached hydrogen (secondary N) is 1. The zero-order valence-corrected chi connectivity index (χ0v) is 9.54. The molecule has 1 aromatic rings. The average molecular weight is 243 g/mol. The third kappa shape index (κ3) is 4.91. The molecule has 2 N–H and O–H groups in total. The SMILES string of the molecule is CC(CCC(=O)O)NCc1cc(F)ccc1F. The van der Waals surface area contributed by atoms with Gasteiger partial charge in [-0.15, -0.1) is 0 Å². The van der Waals surface area contributed by atoms with Crippen molar-refractivity contribution < 1.29 is 18.7 Å². The molecule has 5 heteroatoms. The van der Waals surface area contributed by atoms with Crippen molar-refractivity contribution in [1.29, 1.82) is 0 Å². The lowest BCUT2D eigenvalue weighted by molar-refractivity contribution is -0.137. The van der Waals surface area contributed by atoms with Crippen LogP contribution < -0.4 is 5.32 Å². The minimum atomic E-state index is -0.865. The number of carboxylic acids is 1. The van der Waals surface area contributed by atoms with E-state index in [0.717, 1.165) is 18.2 Å². The Labute approximate surface area is 98.5 Å². The van der Waals surface area contributed by atoms with E-state index in [-0.39, 0.29) is 24.6 Å². The summed E-state index contributed by atoms with van der Waals surface area (Å²) in [5.41, 5.74) is 0.243. The number of rotatable bonds is 6. The Hall–Kier alpha value is -1.49. The van der Waals surface area contributed by atoms with Gasteiger partial charge in [-0.3, -0.25) is 4.79 Å². The highest BCUT2D eigenvalue weighted by Crippen LogP contribution is 2.10. The van der Waals surface area contributed by atoms with Crippen molar-refractivity contribution in [3.63, 3.8) is 0 Å². The molecule has 1 atom stereocenters. The molecule has 1 unspecified atom stereocenters. The molecule has 1 rings (SSSR count). The summed E-state index contributed by atoms with van der Waals surface area (Å²) in [6.45, 7) is 1.99. The van der Waals surface area contributed by atoms with Crippen molar-refractivity contribution in [2.45, 2.75) is 32.4 Å². The summed E-state index contributed by atoms with van der Waals surface area (Å²) in [6.07, 6.45) is 0.506. The first-order valence-corrected chi connectivity index (χ1v) is 5.38. The molecule has 0 heterocycles. The average Bonchev–Trinajstić information content (AvgIpc) is 2.27. The van der Waals surface area contributed by atoms with Gasteiger partial charge in [0, 0.05) is 24.6 Å². The predicted octanol–water partition coefficient (Wildman–Crippen LogP) is 2.31. The summed E-state index contributed by atoms with van der Waals surface area (Å²) in [5.74, 6) is -1.82. The normalized spacial score (nSPS) is 12.4.